The summed E-state index contributed by atoms with van der Waals surface area (Å²) in [5.74, 6) is -0.189. The number of carbonyl (C=O) groups is 1. The average molecular weight is 278 g/mol. The molecule has 1 aliphatic rings. The highest BCUT2D eigenvalue weighted by Gasteiger charge is 2.26. The van der Waals surface area contributed by atoms with Crippen molar-refractivity contribution in [3.8, 4) is 0 Å². The molecule has 0 bridgehead atoms. The first-order chi connectivity index (χ1) is 9.60. The van der Waals surface area contributed by atoms with Crippen LogP contribution in [0.2, 0.25) is 0 Å². The third-order valence-corrected chi connectivity index (χ3v) is 3.66. The first-order valence-electron chi connectivity index (χ1n) is 6.64. The van der Waals surface area contributed by atoms with Crippen molar-refractivity contribution in [3.63, 3.8) is 0 Å². The number of nitrogens with zero attached hydrogens (tertiary/aromatic N) is 2. The fourth-order valence-corrected chi connectivity index (χ4v) is 2.57. The summed E-state index contributed by atoms with van der Waals surface area (Å²) in [6.07, 6.45) is 2.46. The monoisotopic (exact) mass is 278 g/mol. The van der Waals surface area contributed by atoms with Gasteiger partial charge >= 0.3 is 5.97 Å². The van der Waals surface area contributed by atoms with Gasteiger partial charge in [-0.25, -0.2) is 0 Å². The molecule has 1 aromatic carbocycles. The summed E-state index contributed by atoms with van der Waals surface area (Å²) in [5.41, 5.74) is 1.12. The minimum Gasteiger partial charge on any atom is -0.469 e. The van der Waals surface area contributed by atoms with Crippen LogP contribution in [0.15, 0.2) is 24.3 Å². The lowest BCUT2D eigenvalue weighted by Crippen LogP contribution is -2.31. The lowest BCUT2D eigenvalue weighted by molar-refractivity contribution is -0.384. The Bertz CT molecular complexity index is 486. The van der Waals surface area contributed by atoms with Crippen LogP contribution in [0.4, 0.5) is 5.69 Å². The van der Waals surface area contributed by atoms with Gasteiger partial charge < -0.3 is 4.74 Å². The number of esters is 1. The molecule has 108 valence electrons. The van der Waals surface area contributed by atoms with E-state index >= 15 is 0 Å². The van der Waals surface area contributed by atoms with E-state index in [2.05, 4.69) is 4.90 Å². The molecule has 0 N–H and O–H groups in total. The summed E-state index contributed by atoms with van der Waals surface area (Å²) in [6.45, 7) is 1.65. The highest BCUT2D eigenvalue weighted by atomic mass is 16.6. The quantitative estimate of drug-likeness (QED) is 0.468. The molecule has 1 saturated heterocycles. The van der Waals surface area contributed by atoms with E-state index in [0.717, 1.165) is 24.9 Å². The first kappa shape index (κ1) is 14.5. The molecule has 2 rings (SSSR count). The number of hydrogen-bond donors (Lipinski definition) is 0. The van der Waals surface area contributed by atoms with Crippen LogP contribution in [-0.2, 0) is 16.1 Å². The van der Waals surface area contributed by atoms with Crippen molar-refractivity contribution in [1.82, 2.24) is 4.90 Å². The minimum atomic E-state index is -0.403. The molecule has 0 amide bonds. The number of likely N-dealkylation sites (tertiary alicyclic amines) is 1. The molecule has 20 heavy (non-hydrogen) atoms. The summed E-state index contributed by atoms with van der Waals surface area (Å²) in [4.78, 5) is 23.8. The van der Waals surface area contributed by atoms with Gasteiger partial charge in [-0.15, -0.1) is 0 Å². The Hall–Kier alpha value is -1.95. The highest BCUT2D eigenvalue weighted by molar-refractivity contribution is 5.69. The summed E-state index contributed by atoms with van der Waals surface area (Å²) in [7, 11) is 1.40. The van der Waals surface area contributed by atoms with Crippen molar-refractivity contribution in [2.45, 2.75) is 31.8 Å². The van der Waals surface area contributed by atoms with E-state index in [1.54, 1.807) is 12.1 Å². The molecule has 0 saturated carbocycles. The molecule has 1 aliphatic heterocycles. The number of rotatable bonds is 5. The molecule has 0 radical (unpaired) electrons. The summed E-state index contributed by atoms with van der Waals surface area (Å²) >= 11 is 0. The Balaban J connectivity index is 1.97. The van der Waals surface area contributed by atoms with E-state index in [9.17, 15) is 14.9 Å². The number of methoxy groups -OCH3 is 1. The normalized spacial score (nSPS) is 18.9. The van der Waals surface area contributed by atoms with Gasteiger partial charge in [0.05, 0.1) is 18.5 Å². The van der Waals surface area contributed by atoms with Crippen molar-refractivity contribution < 1.29 is 14.5 Å². The number of nitro benzene ring substituents is 1. The fourth-order valence-electron chi connectivity index (χ4n) is 2.57. The Labute approximate surface area is 117 Å². The smallest absolute Gasteiger partial charge is 0.307 e. The molecule has 1 heterocycles. The standard InChI is InChI=1S/C14H18N2O4/c1-20-14(17)9-13-3-2-8-15(13)10-11-4-6-12(7-5-11)16(18)19/h4-7,13H,2-3,8-10H2,1H3/t13-/m0/s1. The van der Waals surface area contributed by atoms with Gasteiger partial charge in [0.2, 0.25) is 0 Å². The van der Waals surface area contributed by atoms with E-state index < -0.39 is 4.92 Å². The van der Waals surface area contributed by atoms with Crippen LogP contribution in [0, 0.1) is 10.1 Å². The lowest BCUT2D eigenvalue weighted by Gasteiger charge is -2.23. The molecular formula is C14H18N2O4. The first-order valence-corrected chi connectivity index (χ1v) is 6.64. The van der Waals surface area contributed by atoms with Crippen molar-refractivity contribution in [3.05, 3.63) is 39.9 Å². The summed E-state index contributed by atoms with van der Waals surface area (Å²) in [5, 5.41) is 10.6. The van der Waals surface area contributed by atoms with Crippen molar-refractivity contribution in [1.29, 1.82) is 0 Å². The topological polar surface area (TPSA) is 72.7 Å². The fraction of sp³-hybridized carbons (Fsp3) is 0.500. The molecule has 1 fully saturated rings. The van der Waals surface area contributed by atoms with Crippen LogP contribution in [0.3, 0.4) is 0 Å². The highest BCUT2D eigenvalue weighted by Crippen LogP contribution is 2.23. The molecule has 0 spiro atoms. The Kier molecular flexibility index (Phi) is 4.68. The second-order valence-electron chi connectivity index (χ2n) is 4.97. The van der Waals surface area contributed by atoms with E-state index in [1.807, 2.05) is 0 Å². The molecular weight excluding hydrogens is 260 g/mol. The van der Waals surface area contributed by atoms with Crippen LogP contribution in [-0.4, -0.2) is 35.5 Å². The van der Waals surface area contributed by atoms with Gasteiger partial charge in [0, 0.05) is 24.7 Å². The van der Waals surface area contributed by atoms with Crippen LogP contribution >= 0.6 is 0 Å². The van der Waals surface area contributed by atoms with Gasteiger partial charge in [-0.3, -0.25) is 19.8 Å². The number of ether oxygens (including phenoxy) is 1. The maximum absolute atomic E-state index is 11.4. The van der Waals surface area contributed by atoms with Gasteiger partial charge in [-0.2, -0.15) is 0 Å². The molecule has 0 unspecified atom stereocenters. The zero-order valence-corrected chi connectivity index (χ0v) is 11.4. The van der Waals surface area contributed by atoms with Gasteiger partial charge in [-0.05, 0) is 24.9 Å². The molecule has 0 aromatic heterocycles. The number of carbonyl (C=O) groups excluding carboxylic acids is 1. The van der Waals surface area contributed by atoms with Crippen molar-refractivity contribution in [2.24, 2.45) is 0 Å². The maximum Gasteiger partial charge on any atom is 0.307 e. The third kappa shape index (κ3) is 3.54. The number of non-ortho nitro benzene ring substituents is 1. The second-order valence-corrected chi connectivity index (χ2v) is 4.97. The average Bonchev–Trinajstić information content (AvgIpc) is 2.86. The molecule has 0 aliphatic carbocycles. The van der Waals surface area contributed by atoms with Crippen LogP contribution in [0.5, 0.6) is 0 Å². The molecule has 6 heteroatoms. The minimum absolute atomic E-state index is 0.0984. The van der Waals surface area contributed by atoms with Crippen LogP contribution in [0.1, 0.15) is 24.8 Å². The van der Waals surface area contributed by atoms with E-state index in [4.69, 9.17) is 4.74 Å². The van der Waals surface area contributed by atoms with E-state index in [-0.39, 0.29) is 17.7 Å². The predicted octanol–water partition coefficient (Wildman–Crippen LogP) is 2.12. The number of nitro groups is 1. The summed E-state index contributed by atoms with van der Waals surface area (Å²) < 4.78 is 4.71. The number of benzene rings is 1. The Morgan fingerprint density at radius 1 is 1.45 bits per heavy atom. The Morgan fingerprint density at radius 3 is 2.75 bits per heavy atom. The molecule has 6 nitrogen and oxygen atoms in total. The van der Waals surface area contributed by atoms with Gasteiger partial charge in [-0.1, -0.05) is 12.1 Å². The largest absolute Gasteiger partial charge is 0.469 e. The zero-order chi connectivity index (χ0) is 14.5. The van der Waals surface area contributed by atoms with Crippen molar-refractivity contribution in [2.75, 3.05) is 13.7 Å². The van der Waals surface area contributed by atoms with Gasteiger partial charge in [0.15, 0.2) is 0 Å². The van der Waals surface area contributed by atoms with Gasteiger partial charge in [0.1, 0.15) is 0 Å². The van der Waals surface area contributed by atoms with Crippen molar-refractivity contribution >= 4 is 11.7 Å². The summed E-state index contributed by atoms with van der Waals surface area (Å²) in [6, 6.07) is 6.77. The van der Waals surface area contributed by atoms with Gasteiger partial charge in [0.25, 0.3) is 5.69 Å². The lowest BCUT2D eigenvalue weighted by atomic mass is 10.1. The SMILES string of the molecule is COC(=O)C[C@@H]1CCCN1Cc1ccc([N+](=O)[O-])cc1. The van der Waals surface area contributed by atoms with Crippen LogP contribution < -0.4 is 0 Å². The second kappa shape index (κ2) is 6.47. The maximum atomic E-state index is 11.4. The molecule has 1 aromatic rings. The third-order valence-electron chi connectivity index (χ3n) is 3.66. The van der Waals surface area contributed by atoms with Crippen LogP contribution in [0.25, 0.3) is 0 Å². The van der Waals surface area contributed by atoms with E-state index in [1.165, 1.54) is 19.2 Å². The zero-order valence-electron chi connectivity index (χ0n) is 11.4. The van der Waals surface area contributed by atoms with E-state index in [0.29, 0.717) is 13.0 Å². The predicted molar refractivity (Wildman–Crippen MR) is 73.2 cm³/mol. The Morgan fingerprint density at radius 2 is 2.15 bits per heavy atom. The molecule has 1 atom stereocenters. The number of hydrogen-bond acceptors (Lipinski definition) is 5.